The lowest BCUT2D eigenvalue weighted by molar-refractivity contribution is -0.126. The summed E-state index contributed by atoms with van der Waals surface area (Å²) in [4.78, 5) is 17.8. The number of sulfone groups is 1. The number of rotatable bonds is 12. The van der Waals surface area contributed by atoms with Crippen molar-refractivity contribution >= 4 is 21.6 Å². The topological polar surface area (TPSA) is 114 Å². The molecule has 1 amide bonds. The molecule has 0 unspecified atom stereocenters. The van der Waals surface area contributed by atoms with Gasteiger partial charge in [0.25, 0.3) is 5.91 Å². The van der Waals surface area contributed by atoms with Gasteiger partial charge in [-0.2, -0.15) is 0 Å². The Balaban J connectivity index is 1.80. The summed E-state index contributed by atoms with van der Waals surface area (Å²) in [5, 5.41) is 11.7. The smallest absolute Gasteiger partial charge is 0.251 e. The number of aliphatic hydroxyl groups is 1. The van der Waals surface area contributed by atoms with E-state index in [0.29, 0.717) is 36.8 Å². The van der Waals surface area contributed by atoms with Crippen molar-refractivity contribution in [2.24, 2.45) is 4.99 Å². The number of nitrogens with one attached hydrogen (secondary N) is 1. The maximum absolute atomic E-state index is 13.0. The van der Waals surface area contributed by atoms with Gasteiger partial charge >= 0.3 is 0 Å². The van der Waals surface area contributed by atoms with Gasteiger partial charge in [-0.15, -0.1) is 0 Å². The van der Waals surface area contributed by atoms with E-state index in [1.165, 1.54) is 0 Å². The monoisotopic (exact) mass is 474 g/mol. The normalized spacial score (nSPS) is 17.8. The number of carbonyl (C=O) groups is 1. The van der Waals surface area contributed by atoms with E-state index in [0.717, 1.165) is 6.42 Å². The minimum atomic E-state index is -3.58. The fourth-order valence-corrected chi connectivity index (χ4v) is 4.77. The first-order valence-electron chi connectivity index (χ1n) is 11.0. The van der Waals surface area contributed by atoms with Gasteiger partial charge in [0.05, 0.1) is 17.3 Å². The summed E-state index contributed by atoms with van der Waals surface area (Å²) >= 11 is 0. The average molecular weight is 475 g/mol. The summed E-state index contributed by atoms with van der Waals surface area (Å²) < 4.78 is 36.9. The highest BCUT2D eigenvalue weighted by Crippen LogP contribution is 2.28. The number of hydrogen-bond acceptors (Lipinski definition) is 7. The summed E-state index contributed by atoms with van der Waals surface area (Å²) in [5.74, 6) is 0.368. The Bertz CT molecular complexity index is 1050. The Labute approximate surface area is 194 Å². The van der Waals surface area contributed by atoms with Crippen molar-refractivity contribution in [1.29, 1.82) is 0 Å². The summed E-state index contributed by atoms with van der Waals surface area (Å²) in [6.45, 7) is 2.85. The summed E-state index contributed by atoms with van der Waals surface area (Å²) in [7, 11) is -3.58. The molecule has 2 aromatic rings. The van der Waals surface area contributed by atoms with Crippen LogP contribution in [0.5, 0.6) is 5.75 Å². The van der Waals surface area contributed by atoms with E-state index in [1.807, 2.05) is 6.92 Å². The number of carbonyl (C=O) groups excluding carboxylic acids is 1. The van der Waals surface area contributed by atoms with Crippen LogP contribution < -0.4 is 10.1 Å². The van der Waals surface area contributed by atoms with Crippen LogP contribution in [0.25, 0.3) is 0 Å². The van der Waals surface area contributed by atoms with Gasteiger partial charge in [0, 0.05) is 25.1 Å². The molecule has 0 aromatic heterocycles. The highest BCUT2D eigenvalue weighted by Gasteiger charge is 2.45. The summed E-state index contributed by atoms with van der Waals surface area (Å²) in [6.07, 6.45) is 1.30. The molecule has 1 aliphatic rings. The number of nitrogens with zero attached hydrogens (tertiary/aromatic N) is 1. The quantitative estimate of drug-likeness (QED) is 0.457. The molecular formula is C24H30N2O6S. The first kappa shape index (κ1) is 24.7. The molecular weight excluding hydrogens is 444 g/mol. The third-order valence-electron chi connectivity index (χ3n) is 5.28. The van der Waals surface area contributed by atoms with Crippen LogP contribution in [-0.2, 0) is 19.4 Å². The lowest BCUT2D eigenvalue weighted by atomic mass is 9.97. The van der Waals surface area contributed by atoms with Gasteiger partial charge in [0.1, 0.15) is 12.4 Å². The molecule has 0 saturated heterocycles. The molecule has 0 spiro atoms. The van der Waals surface area contributed by atoms with Gasteiger partial charge in [0.2, 0.25) is 5.90 Å². The second kappa shape index (κ2) is 11.3. The Morgan fingerprint density at radius 1 is 1.18 bits per heavy atom. The first-order valence-corrected chi connectivity index (χ1v) is 12.7. The van der Waals surface area contributed by atoms with Crippen molar-refractivity contribution in [3.63, 3.8) is 0 Å². The second-order valence-electron chi connectivity index (χ2n) is 7.83. The van der Waals surface area contributed by atoms with Crippen molar-refractivity contribution in [3.8, 4) is 5.75 Å². The van der Waals surface area contributed by atoms with E-state index in [4.69, 9.17) is 14.6 Å². The van der Waals surface area contributed by atoms with Crippen molar-refractivity contribution in [2.75, 3.05) is 32.1 Å². The highest BCUT2D eigenvalue weighted by molar-refractivity contribution is 7.91. The largest absolute Gasteiger partial charge is 0.494 e. The van der Waals surface area contributed by atoms with E-state index in [9.17, 15) is 13.2 Å². The number of ether oxygens (including phenoxy) is 2. The molecule has 0 saturated carbocycles. The van der Waals surface area contributed by atoms with Crippen LogP contribution in [0.1, 0.15) is 31.7 Å². The lowest BCUT2D eigenvalue weighted by Gasteiger charge is -2.23. The molecule has 33 heavy (non-hydrogen) atoms. The maximum atomic E-state index is 13.0. The third kappa shape index (κ3) is 6.33. The molecule has 8 nitrogen and oxygen atoms in total. The molecule has 2 N–H and O–H groups in total. The summed E-state index contributed by atoms with van der Waals surface area (Å²) in [5.41, 5.74) is -0.650. The van der Waals surface area contributed by atoms with Crippen LogP contribution in [0.2, 0.25) is 0 Å². The van der Waals surface area contributed by atoms with Gasteiger partial charge in [-0.3, -0.25) is 4.79 Å². The van der Waals surface area contributed by atoms with Crippen molar-refractivity contribution in [3.05, 3.63) is 60.2 Å². The molecule has 0 bridgehead atoms. The van der Waals surface area contributed by atoms with E-state index in [2.05, 4.69) is 10.3 Å². The van der Waals surface area contributed by atoms with Crippen LogP contribution in [0.4, 0.5) is 0 Å². The van der Waals surface area contributed by atoms with Crippen molar-refractivity contribution in [1.82, 2.24) is 5.32 Å². The Kier molecular flexibility index (Phi) is 8.46. The standard InChI is InChI=1S/C24H30N2O6S/c1-2-14-25-23(28)24(13-17-33(29,30)21-7-4-3-5-8-21)18-32-22(26-24)19-9-11-20(12-10-19)31-16-6-15-27/h3-5,7-12,27H,2,6,13-18H2,1H3,(H,25,28)/t24-/m1/s1. The van der Waals surface area contributed by atoms with Crippen LogP contribution in [0, 0.1) is 0 Å². The zero-order valence-corrected chi connectivity index (χ0v) is 19.5. The molecule has 0 aliphatic carbocycles. The van der Waals surface area contributed by atoms with Gasteiger partial charge in [0.15, 0.2) is 15.4 Å². The van der Waals surface area contributed by atoms with Crippen molar-refractivity contribution < 1.29 is 27.8 Å². The lowest BCUT2D eigenvalue weighted by Crippen LogP contribution is -2.48. The van der Waals surface area contributed by atoms with E-state index >= 15 is 0 Å². The minimum absolute atomic E-state index is 0.00559. The molecule has 9 heteroatoms. The summed E-state index contributed by atoms with van der Waals surface area (Å²) in [6, 6.07) is 15.2. The molecule has 1 atom stereocenters. The number of hydrogen-bond donors (Lipinski definition) is 2. The van der Waals surface area contributed by atoms with Crippen LogP contribution in [0.15, 0.2) is 64.5 Å². The SMILES string of the molecule is CCCNC(=O)[C@@]1(CCS(=O)(=O)c2ccccc2)COC(c2ccc(OCCCO)cc2)=N1. The number of aliphatic imine (C=N–C) groups is 1. The van der Waals surface area contributed by atoms with Gasteiger partial charge < -0.3 is 19.9 Å². The van der Waals surface area contributed by atoms with Gasteiger partial charge in [-0.25, -0.2) is 13.4 Å². The highest BCUT2D eigenvalue weighted by atomic mass is 32.2. The fourth-order valence-electron chi connectivity index (χ4n) is 3.35. The van der Waals surface area contributed by atoms with Gasteiger partial charge in [-0.05, 0) is 49.2 Å². The predicted molar refractivity (Wildman–Crippen MR) is 125 cm³/mol. The predicted octanol–water partition coefficient (Wildman–Crippen LogP) is 2.35. The minimum Gasteiger partial charge on any atom is -0.494 e. The van der Waals surface area contributed by atoms with Crippen LogP contribution in [0.3, 0.4) is 0 Å². The molecule has 1 heterocycles. The number of amides is 1. The maximum Gasteiger partial charge on any atom is 0.251 e. The fraction of sp³-hybridized carbons (Fsp3) is 0.417. The molecule has 0 fully saturated rings. The first-order chi connectivity index (χ1) is 15.9. The third-order valence-corrected chi connectivity index (χ3v) is 7.01. The molecule has 3 rings (SSSR count). The van der Waals surface area contributed by atoms with Crippen molar-refractivity contribution in [2.45, 2.75) is 36.6 Å². The van der Waals surface area contributed by atoms with E-state index < -0.39 is 15.4 Å². The average Bonchev–Trinajstić information content (AvgIpc) is 3.28. The van der Waals surface area contributed by atoms with E-state index in [-0.39, 0.29) is 36.2 Å². The molecule has 178 valence electrons. The number of benzene rings is 2. The Hall–Kier alpha value is -2.91. The zero-order chi connectivity index (χ0) is 23.7. The zero-order valence-electron chi connectivity index (χ0n) is 18.7. The molecule has 1 aliphatic heterocycles. The van der Waals surface area contributed by atoms with Crippen LogP contribution in [-0.4, -0.2) is 63.0 Å². The van der Waals surface area contributed by atoms with E-state index in [1.54, 1.807) is 54.6 Å². The Morgan fingerprint density at radius 3 is 2.58 bits per heavy atom. The second-order valence-corrected chi connectivity index (χ2v) is 9.93. The Morgan fingerprint density at radius 2 is 1.91 bits per heavy atom. The number of aliphatic hydroxyl groups excluding tert-OH is 1. The van der Waals surface area contributed by atoms with Crippen LogP contribution >= 0.6 is 0 Å². The molecule has 0 radical (unpaired) electrons. The van der Waals surface area contributed by atoms with Gasteiger partial charge in [-0.1, -0.05) is 25.1 Å². The molecule has 2 aromatic carbocycles.